The van der Waals surface area contributed by atoms with E-state index in [1.165, 1.54) is 11.2 Å². The molecule has 0 bridgehead atoms. The third-order valence-corrected chi connectivity index (χ3v) is 4.21. The van der Waals surface area contributed by atoms with Gasteiger partial charge in [-0.1, -0.05) is 18.8 Å². The smallest absolute Gasteiger partial charge is 0.407 e. The van der Waals surface area contributed by atoms with Crippen molar-refractivity contribution in [2.24, 2.45) is 0 Å². The molecule has 1 saturated heterocycles. The maximum atomic E-state index is 11.1. The summed E-state index contributed by atoms with van der Waals surface area (Å²) in [5, 5.41) is 9.11. The number of nitrogens with two attached hydrogens (primary N) is 1. The fraction of sp³-hybridized carbons (Fsp3) is 0.333. The molecule has 8 heteroatoms. The monoisotopic (exact) mass is 352 g/mol. The number of piperazine rings is 1. The lowest BCUT2D eigenvalue weighted by atomic mass is 10.1. The van der Waals surface area contributed by atoms with E-state index < -0.39 is 6.09 Å². The molecular weight excluding hydrogens is 332 g/mol. The van der Waals surface area contributed by atoms with Gasteiger partial charge in [-0.25, -0.2) is 19.7 Å². The fourth-order valence-corrected chi connectivity index (χ4v) is 2.77. The van der Waals surface area contributed by atoms with Crippen LogP contribution in [0.2, 0.25) is 0 Å². The van der Waals surface area contributed by atoms with E-state index in [2.05, 4.69) is 31.7 Å². The van der Waals surface area contributed by atoms with Crippen LogP contribution in [0.25, 0.3) is 0 Å². The zero-order chi connectivity index (χ0) is 18.5. The number of carboxylic acid groups (broad SMARTS) is 1. The van der Waals surface area contributed by atoms with Crippen LogP contribution >= 0.6 is 0 Å². The lowest BCUT2D eigenvalue weighted by Crippen LogP contribution is -2.48. The molecule has 0 unspecified atom stereocenters. The van der Waals surface area contributed by atoms with Crippen LogP contribution in [0, 0.1) is 11.8 Å². The van der Waals surface area contributed by atoms with Crippen molar-refractivity contribution in [3.05, 3.63) is 41.5 Å². The van der Waals surface area contributed by atoms with Crippen molar-refractivity contribution >= 4 is 17.7 Å². The minimum absolute atomic E-state index is 0.440. The first-order chi connectivity index (χ1) is 12.6. The molecule has 1 amide bonds. The first-order valence-electron chi connectivity index (χ1n) is 8.38. The number of nitrogens with zero attached hydrogens (tertiary/aromatic N) is 5. The minimum Gasteiger partial charge on any atom is -0.465 e. The lowest BCUT2D eigenvalue weighted by molar-refractivity contribution is 0.142. The molecule has 1 aliphatic heterocycles. The zero-order valence-electron chi connectivity index (χ0n) is 14.5. The van der Waals surface area contributed by atoms with Crippen LogP contribution in [0.1, 0.15) is 23.7 Å². The van der Waals surface area contributed by atoms with E-state index in [0.717, 1.165) is 29.1 Å². The molecular formula is C18H20N6O2. The second-order valence-corrected chi connectivity index (χ2v) is 5.85. The molecule has 2 aromatic rings. The molecule has 1 aliphatic rings. The number of aromatic nitrogens is 3. The Hall–Kier alpha value is -3.34. The second-order valence-electron chi connectivity index (χ2n) is 5.85. The first kappa shape index (κ1) is 17.5. The summed E-state index contributed by atoms with van der Waals surface area (Å²) >= 11 is 0. The van der Waals surface area contributed by atoms with E-state index in [0.29, 0.717) is 32.0 Å². The predicted molar refractivity (Wildman–Crippen MR) is 97.9 cm³/mol. The molecule has 134 valence electrons. The summed E-state index contributed by atoms with van der Waals surface area (Å²) < 4.78 is 0. The van der Waals surface area contributed by atoms with Crippen LogP contribution in [0.4, 0.5) is 16.4 Å². The summed E-state index contributed by atoms with van der Waals surface area (Å²) in [6.45, 7) is 4.05. The quantitative estimate of drug-likeness (QED) is 0.782. The van der Waals surface area contributed by atoms with Crippen molar-refractivity contribution in [3.63, 3.8) is 0 Å². The molecule has 26 heavy (non-hydrogen) atoms. The Morgan fingerprint density at radius 3 is 2.58 bits per heavy atom. The number of hydrogen-bond acceptors (Lipinski definition) is 6. The van der Waals surface area contributed by atoms with Gasteiger partial charge in [0.2, 0.25) is 0 Å². The third-order valence-electron chi connectivity index (χ3n) is 4.21. The van der Waals surface area contributed by atoms with Gasteiger partial charge in [-0.3, -0.25) is 0 Å². The van der Waals surface area contributed by atoms with Crippen LogP contribution in [-0.2, 0) is 6.42 Å². The standard InChI is InChI=1S/C18H20N6O2/c1-2-15-14(5-3-13-4-6-16(19)20-11-13)17(22-12-21-15)23-7-9-24(10-8-23)18(25)26/h4,6,11-12H,2,7-10H2,1H3,(H2,19,20)(H,25,26). The Kier molecular flexibility index (Phi) is 5.17. The number of amides is 1. The van der Waals surface area contributed by atoms with Gasteiger partial charge in [0.25, 0.3) is 0 Å². The van der Waals surface area contributed by atoms with Gasteiger partial charge in [0, 0.05) is 37.9 Å². The number of aryl methyl sites for hydroxylation is 1. The molecule has 0 spiro atoms. The van der Waals surface area contributed by atoms with E-state index in [9.17, 15) is 4.79 Å². The van der Waals surface area contributed by atoms with Crippen molar-refractivity contribution in [1.82, 2.24) is 19.9 Å². The van der Waals surface area contributed by atoms with Gasteiger partial charge in [-0.2, -0.15) is 0 Å². The van der Waals surface area contributed by atoms with Gasteiger partial charge in [-0.15, -0.1) is 0 Å². The second kappa shape index (κ2) is 7.70. The summed E-state index contributed by atoms with van der Waals surface area (Å²) in [6.07, 6.45) is 3.00. The molecule has 3 N–H and O–H groups in total. The van der Waals surface area contributed by atoms with Gasteiger partial charge in [0.1, 0.15) is 18.0 Å². The van der Waals surface area contributed by atoms with Gasteiger partial charge in [-0.05, 0) is 18.6 Å². The van der Waals surface area contributed by atoms with Crippen molar-refractivity contribution in [1.29, 1.82) is 0 Å². The highest BCUT2D eigenvalue weighted by molar-refractivity contribution is 5.66. The third kappa shape index (κ3) is 3.83. The van der Waals surface area contributed by atoms with Crippen LogP contribution in [-0.4, -0.2) is 57.2 Å². The molecule has 0 aliphatic carbocycles. The van der Waals surface area contributed by atoms with Crippen molar-refractivity contribution in [3.8, 4) is 11.8 Å². The summed E-state index contributed by atoms with van der Waals surface area (Å²) in [5.74, 6) is 7.46. The lowest BCUT2D eigenvalue weighted by Gasteiger charge is -2.34. The molecule has 8 nitrogen and oxygen atoms in total. The molecule has 3 rings (SSSR count). The zero-order valence-corrected chi connectivity index (χ0v) is 14.5. The highest BCUT2D eigenvalue weighted by Gasteiger charge is 2.23. The summed E-state index contributed by atoms with van der Waals surface area (Å²) in [4.78, 5) is 27.4. The van der Waals surface area contributed by atoms with Crippen LogP contribution in [0.15, 0.2) is 24.7 Å². The fourth-order valence-electron chi connectivity index (χ4n) is 2.77. The molecule has 0 aromatic carbocycles. The van der Waals surface area contributed by atoms with E-state index in [-0.39, 0.29) is 0 Å². The van der Waals surface area contributed by atoms with Gasteiger partial charge in [0.15, 0.2) is 0 Å². The molecule has 0 atom stereocenters. The molecule has 2 aromatic heterocycles. The van der Waals surface area contributed by atoms with Gasteiger partial charge < -0.3 is 20.6 Å². The largest absolute Gasteiger partial charge is 0.465 e. The Labute approximate surface area is 151 Å². The number of pyridine rings is 1. The van der Waals surface area contributed by atoms with Crippen LogP contribution in [0.3, 0.4) is 0 Å². The average molecular weight is 352 g/mol. The van der Waals surface area contributed by atoms with Crippen molar-refractivity contribution in [2.45, 2.75) is 13.3 Å². The molecule has 1 fully saturated rings. The summed E-state index contributed by atoms with van der Waals surface area (Å²) in [6, 6.07) is 3.52. The Bertz CT molecular complexity index is 848. The van der Waals surface area contributed by atoms with Crippen molar-refractivity contribution < 1.29 is 9.90 Å². The van der Waals surface area contributed by atoms with E-state index in [1.807, 2.05) is 13.0 Å². The maximum Gasteiger partial charge on any atom is 0.407 e. The van der Waals surface area contributed by atoms with Gasteiger partial charge in [0.05, 0.1) is 11.3 Å². The molecule has 0 radical (unpaired) electrons. The van der Waals surface area contributed by atoms with E-state index >= 15 is 0 Å². The Morgan fingerprint density at radius 1 is 1.19 bits per heavy atom. The van der Waals surface area contributed by atoms with Crippen LogP contribution in [0.5, 0.6) is 0 Å². The summed E-state index contributed by atoms with van der Waals surface area (Å²) in [5.41, 5.74) is 8.00. The number of rotatable bonds is 2. The SMILES string of the molecule is CCc1ncnc(N2CCN(C(=O)O)CC2)c1C#Cc1ccc(N)nc1. The highest BCUT2D eigenvalue weighted by Crippen LogP contribution is 2.21. The normalized spacial score (nSPS) is 13.9. The number of carbonyl (C=O) groups is 1. The predicted octanol–water partition coefficient (Wildman–Crippen LogP) is 1.22. The average Bonchev–Trinajstić information content (AvgIpc) is 2.67. The van der Waals surface area contributed by atoms with Gasteiger partial charge >= 0.3 is 6.09 Å². The first-order valence-corrected chi connectivity index (χ1v) is 8.38. The number of hydrogen-bond donors (Lipinski definition) is 2. The highest BCUT2D eigenvalue weighted by atomic mass is 16.4. The van der Waals surface area contributed by atoms with Crippen molar-refractivity contribution in [2.75, 3.05) is 36.8 Å². The molecule has 3 heterocycles. The Balaban J connectivity index is 1.90. The number of nitrogen functional groups attached to an aromatic ring is 1. The summed E-state index contributed by atoms with van der Waals surface area (Å²) in [7, 11) is 0. The maximum absolute atomic E-state index is 11.1. The van der Waals surface area contributed by atoms with E-state index in [1.54, 1.807) is 12.3 Å². The number of anilines is 2. The van der Waals surface area contributed by atoms with Crippen LogP contribution < -0.4 is 10.6 Å². The van der Waals surface area contributed by atoms with E-state index in [4.69, 9.17) is 10.8 Å². The minimum atomic E-state index is -0.891. The Morgan fingerprint density at radius 2 is 1.96 bits per heavy atom. The molecule has 0 saturated carbocycles. The topological polar surface area (TPSA) is 108 Å².